The molecular formula is C21H24N4O5. The van der Waals surface area contributed by atoms with Crippen LogP contribution in [-0.2, 0) is 24.9 Å². The molecule has 0 N–H and O–H groups in total. The first-order valence-corrected chi connectivity index (χ1v) is 9.33. The summed E-state index contributed by atoms with van der Waals surface area (Å²) in [5, 5.41) is 0. The molecule has 0 fully saturated rings. The third-order valence-electron chi connectivity index (χ3n) is 4.86. The smallest absolute Gasteiger partial charge is 0.333 e. The van der Waals surface area contributed by atoms with Gasteiger partial charge in [-0.2, -0.15) is 0 Å². The van der Waals surface area contributed by atoms with Crippen LogP contribution in [0.1, 0.15) is 6.42 Å². The number of fused-ring (bicyclic) bond motifs is 1. The molecular weight excluding hydrogens is 388 g/mol. The topological polar surface area (TPSA) is 89.5 Å². The van der Waals surface area contributed by atoms with Gasteiger partial charge < -0.3 is 18.8 Å². The molecule has 0 aliphatic heterocycles. The van der Waals surface area contributed by atoms with Crippen molar-refractivity contribution in [3.63, 3.8) is 0 Å². The summed E-state index contributed by atoms with van der Waals surface area (Å²) in [6, 6.07) is 5.35. The molecule has 0 aliphatic carbocycles. The van der Waals surface area contributed by atoms with Crippen molar-refractivity contribution in [2.75, 3.05) is 27.9 Å². The largest absolute Gasteiger partial charge is 0.493 e. The number of hydrogen-bond acceptors (Lipinski definition) is 6. The molecule has 0 atom stereocenters. The van der Waals surface area contributed by atoms with Crippen LogP contribution < -0.4 is 20.7 Å². The summed E-state index contributed by atoms with van der Waals surface area (Å²) in [6.07, 6.45) is 5.97. The van der Waals surface area contributed by atoms with Crippen molar-refractivity contribution in [3.8, 4) is 35.2 Å². The maximum Gasteiger partial charge on any atom is 0.333 e. The summed E-state index contributed by atoms with van der Waals surface area (Å²) in [4.78, 5) is 30.6. The van der Waals surface area contributed by atoms with Gasteiger partial charge in [0.05, 0.1) is 20.8 Å². The van der Waals surface area contributed by atoms with E-state index >= 15 is 0 Å². The van der Waals surface area contributed by atoms with Crippen LogP contribution in [0, 0.1) is 12.3 Å². The highest BCUT2D eigenvalue weighted by atomic mass is 16.5. The molecule has 3 rings (SSSR count). The quantitative estimate of drug-likeness (QED) is 0.409. The van der Waals surface area contributed by atoms with Crippen molar-refractivity contribution in [1.29, 1.82) is 0 Å². The van der Waals surface area contributed by atoms with Gasteiger partial charge in [-0.1, -0.05) is 5.92 Å². The van der Waals surface area contributed by atoms with E-state index in [-0.39, 0.29) is 6.54 Å². The normalized spacial score (nSPS) is 10.9. The zero-order chi connectivity index (χ0) is 21.8. The fraction of sp³-hybridized carbons (Fsp3) is 0.381. The number of imidazole rings is 1. The highest BCUT2D eigenvalue weighted by Crippen LogP contribution is 2.32. The Kier molecular flexibility index (Phi) is 6.28. The maximum absolute atomic E-state index is 13.0. The Labute approximate surface area is 173 Å². The fourth-order valence-electron chi connectivity index (χ4n) is 3.40. The first-order valence-electron chi connectivity index (χ1n) is 9.33. The molecule has 0 radical (unpaired) electrons. The van der Waals surface area contributed by atoms with Crippen LogP contribution in [0.5, 0.6) is 11.5 Å². The highest BCUT2D eigenvalue weighted by molar-refractivity contribution is 5.77. The van der Waals surface area contributed by atoms with Gasteiger partial charge in [0.1, 0.15) is 5.82 Å². The van der Waals surface area contributed by atoms with Crippen LogP contribution in [0.4, 0.5) is 0 Å². The van der Waals surface area contributed by atoms with Crippen LogP contribution in [0.3, 0.4) is 0 Å². The minimum Gasteiger partial charge on any atom is -0.493 e. The summed E-state index contributed by atoms with van der Waals surface area (Å²) >= 11 is 0. The molecule has 0 aliphatic rings. The van der Waals surface area contributed by atoms with Gasteiger partial charge in [-0.25, -0.2) is 14.3 Å². The fourth-order valence-corrected chi connectivity index (χ4v) is 3.40. The number of ether oxygens (including phenoxy) is 3. The van der Waals surface area contributed by atoms with Crippen molar-refractivity contribution >= 4 is 11.2 Å². The summed E-state index contributed by atoms with van der Waals surface area (Å²) in [5.41, 5.74) is 0.357. The van der Waals surface area contributed by atoms with Gasteiger partial charge in [-0.15, -0.1) is 6.42 Å². The van der Waals surface area contributed by atoms with Crippen LogP contribution in [-0.4, -0.2) is 46.6 Å². The number of rotatable bonds is 8. The first-order chi connectivity index (χ1) is 14.5. The zero-order valence-electron chi connectivity index (χ0n) is 17.5. The number of terminal acetylenes is 1. The molecule has 30 heavy (non-hydrogen) atoms. The van der Waals surface area contributed by atoms with Crippen molar-refractivity contribution in [2.45, 2.75) is 19.5 Å². The van der Waals surface area contributed by atoms with Gasteiger partial charge >= 0.3 is 5.69 Å². The Balaban J connectivity index is 2.29. The molecule has 1 aromatic carbocycles. The number of hydrogen-bond donors (Lipinski definition) is 0. The zero-order valence-corrected chi connectivity index (χ0v) is 17.5. The summed E-state index contributed by atoms with van der Waals surface area (Å²) in [7, 11) is 6.42. The SMILES string of the molecule is C#CCn1c(=O)c2c(nc(-c3ccc(OC)c(OC)c3)n2C)n(CCCOC)c1=O. The van der Waals surface area contributed by atoms with E-state index in [4.69, 9.17) is 20.6 Å². The number of aryl methyl sites for hydroxylation is 2. The van der Waals surface area contributed by atoms with Crippen LogP contribution in [0.2, 0.25) is 0 Å². The molecule has 0 spiro atoms. The standard InChI is InChI=1S/C21H24N4O5/c1-6-10-25-20(26)17-19(24(21(25)27)11-7-12-28-3)22-18(23(17)2)14-8-9-15(29-4)16(13-14)30-5/h1,8-9,13H,7,10-12H2,2-5H3. The molecule has 158 valence electrons. The molecule has 0 saturated carbocycles. The maximum atomic E-state index is 13.0. The van der Waals surface area contributed by atoms with Gasteiger partial charge in [-0.05, 0) is 24.6 Å². The lowest BCUT2D eigenvalue weighted by Gasteiger charge is -2.10. The second kappa shape index (κ2) is 8.88. The van der Waals surface area contributed by atoms with Gasteiger partial charge in [0.15, 0.2) is 22.7 Å². The Morgan fingerprint density at radius 1 is 1.10 bits per heavy atom. The molecule has 2 aromatic heterocycles. The van der Waals surface area contributed by atoms with E-state index in [0.29, 0.717) is 53.6 Å². The molecule has 0 unspecified atom stereocenters. The molecule has 9 nitrogen and oxygen atoms in total. The Morgan fingerprint density at radius 2 is 1.83 bits per heavy atom. The summed E-state index contributed by atoms with van der Waals surface area (Å²) in [6.45, 7) is 0.697. The van der Waals surface area contributed by atoms with Gasteiger partial charge in [0.25, 0.3) is 5.56 Å². The second-order valence-corrected chi connectivity index (χ2v) is 6.61. The van der Waals surface area contributed by atoms with Gasteiger partial charge in [0, 0.05) is 32.9 Å². The number of methoxy groups -OCH3 is 3. The average molecular weight is 412 g/mol. The van der Waals surface area contributed by atoms with Crippen molar-refractivity contribution in [3.05, 3.63) is 39.0 Å². The number of nitrogens with zero attached hydrogens (tertiary/aromatic N) is 4. The Morgan fingerprint density at radius 3 is 2.47 bits per heavy atom. The van der Waals surface area contributed by atoms with Crippen molar-refractivity contribution < 1.29 is 14.2 Å². The molecule has 3 aromatic rings. The monoisotopic (exact) mass is 412 g/mol. The van der Waals surface area contributed by atoms with E-state index in [1.54, 1.807) is 45.1 Å². The third kappa shape index (κ3) is 3.57. The minimum atomic E-state index is -0.487. The van der Waals surface area contributed by atoms with E-state index < -0.39 is 11.2 Å². The van der Waals surface area contributed by atoms with E-state index in [9.17, 15) is 9.59 Å². The number of aromatic nitrogens is 4. The van der Waals surface area contributed by atoms with E-state index in [2.05, 4.69) is 10.9 Å². The predicted octanol–water partition coefficient (Wildman–Crippen LogP) is 1.25. The predicted molar refractivity (Wildman–Crippen MR) is 113 cm³/mol. The molecule has 0 amide bonds. The molecule has 2 heterocycles. The third-order valence-corrected chi connectivity index (χ3v) is 4.86. The van der Waals surface area contributed by atoms with Crippen molar-refractivity contribution in [1.82, 2.24) is 18.7 Å². The lowest BCUT2D eigenvalue weighted by molar-refractivity contribution is 0.190. The molecule has 0 bridgehead atoms. The van der Waals surface area contributed by atoms with E-state index in [1.807, 2.05) is 6.07 Å². The van der Waals surface area contributed by atoms with Crippen molar-refractivity contribution in [2.24, 2.45) is 7.05 Å². The summed E-state index contributed by atoms with van der Waals surface area (Å²) < 4.78 is 19.9. The van der Waals surface area contributed by atoms with Crippen LogP contribution in [0.25, 0.3) is 22.6 Å². The first kappa shape index (κ1) is 21.2. The Bertz CT molecular complexity index is 1230. The average Bonchev–Trinajstić information content (AvgIpc) is 3.10. The molecule has 0 saturated heterocycles. The number of benzene rings is 1. The Hall–Kier alpha value is -3.51. The van der Waals surface area contributed by atoms with Gasteiger partial charge in [0.2, 0.25) is 0 Å². The lowest BCUT2D eigenvalue weighted by atomic mass is 10.2. The highest BCUT2D eigenvalue weighted by Gasteiger charge is 2.21. The van der Waals surface area contributed by atoms with E-state index in [1.165, 1.54) is 4.57 Å². The van der Waals surface area contributed by atoms with Gasteiger partial charge in [-0.3, -0.25) is 9.36 Å². The minimum absolute atomic E-state index is 0.116. The lowest BCUT2D eigenvalue weighted by Crippen LogP contribution is -2.40. The molecule has 9 heteroatoms. The van der Waals surface area contributed by atoms with E-state index in [0.717, 1.165) is 4.57 Å². The van der Waals surface area contributed by atoms with Crippen LogP contribution in [0.15, 0.2) is 27.8 Å². The van der Waals surface area contributed by atoms with Crippen LogP contribution >= 0.6 is 0 Å². The summed E-state index contributed by atoms with van der Waals surface area (Å²) in [5.74, 6) is 4.00. The second-order valence-electron chi connectivity index (χ2n) is 6.61.